The van der Waals surface area contributed by atoms with Gasteiger partial charge in [-0.2, -0.15) is 5.10 Å². The fourth-order valence-electron chi connectivity index (χ4n) is 2.13. The second-order valence-corrected chi connectivity index (χ2v) is 5.22. The molecule has 0 radical (unpaired) electrons. The van der Waals surface area contributed by atoms with Crippen LogP contribution in [0.3, 0.4) is 0 Å². The van der Waals surface area contributed by atoms with E-state index in [1.807, 2.05) is 24.7 Å². The van der Waals surface area contributed by atoms with Crippen LogP contribution in [0.2, 0.25) is 0 Å². The summed E-state index contributed by atoms with van der Waals surface area (Å²) in [6.45, 7) is 0. The molecule has 0 bridgehead atoms. The largest absolute Gasteiger partial charge is 0.493 e. The Morgan fingerprint density at radius 3 is 3.05 bits per heavy atom. The third kappa shape index (κ3) is 1.98. The van der Waals surface area contributed by atoms with E-state index in [-0.39, 0.29) is 6.04 Å². The second-order valence-electron chi connectivity index (χ2n) is 4.27. The van der Waals surface area contributed by atoms with E-state index in [1.165, 1.54) is 0 Å². The number of methoxy groups -OCH3 is 1. The Bertz CT molecular complexity index is 718. The van der Waals surface area contributed by atoms with Crippen molar-refractivity contribution in [2.75, 3.05) is 7.11 Å². The fourth-order valence-corrected chi connectivity index (χ4v) is 2.92. The Hall–Kier alpha value is -1.92. The highest BCUT2D eigenvalue weighted by atomic mass is 32.1. The maximum Gasteiger partial charge on any atom is 0.161 e. The molecular weight excluding hydrogens is 260 g/mol. The normalized spacial score (nSPS) is 12.8. The van der Waals surface area contributed by atoms with Crippen molar-refractivity contribution in [3.63, 3.8) is 0 Å². The molecular formula is C13H14N4OS. The first-order valence-electron chi connectivity index (χ1n) is 5.85. The molecule has 0 aromatic carbocycles. The van der Waals surface area contributed by atoms with Crippen molar-refractivity contribution in [2.45, 2.75) is 6.04 Å². The number of thiophene rings is 1. The van der Waals surface area contributed by atoms with Gasteiger partial charge in [-0.05, 0) is 23.1 Å². The Balaban J connectivity index is 2.07. The number of nitrogens with two attached hydrogens (primary N) is 1. The predicted octanol–water partition coefficient (Wildman–Crippen LogP) is 2.09. The van der Waals surface area contributed by atoms with Gasteiger partial charge in [0, 0.05) is 13.2 Å². The smallest absolute Gasteiger partial charge is 0.161 e. The van der Waals surface area contributed by atoms with Crippen LogP contribution in [-0.4, -0.2) is 21.9 Å². The molecule has 98 valence electrons. The van der Waals surface area contributed by atoms with E-state index in [9.17, 15) is 0 Å². The number of pyridine rings is 1. The predicted molar refractivity (Wildman–Crippen MR) is 75.4 cm³/mol. The first kappa shape index (κ1) is 12.1. The SMILES string of the molecule is COc1cnn(C)c1C(N)c1cnc2ccsc2c1. The quantitative estimate of drug-likeness (QED) is 0.794. The highest BCUT2D eigenvalue weighted by Gasteiger charge is 2.19. The first-order valence-corrected chi connectivity index (χ1v) is 6.73. The van der Waals surface area contributed by atoms with E-state index in [1.54, 1.807) is 29.3 Å². The van der Waals surface area contributed by atoms with E-state index in [0.29, 0.717) is 5.75 Å². The van der Waals surface area contributed by atoms with Crippen molar-refractivity contribution in [1.29, 1.82) is 0 Å². The van der Waals surface area contributed by atoms with E-state index in [2.05, 4.69) is 16.1 Å². The van der Waals surface area contributed by atoms with Gasteiger partial charge in [0.1, 0.15) is 5.69 Å². The highest BCUT2D eigenvalue weighted by molar-refractivity contribution is 7.17. The maximum absolute atomic E-state index is 6.32. The van der Waals surface area contributed by atoms with E-state index in [4.69, 9.17) is 10.5 Å². The van der Waals surface area contributed by atoms with Crippen molar-refractivity contribution in [2.24, 2.45) is 12.8 Å². The summed E-state index contributed by atoms with van der Waals surface area (Å²) in [5, 5.41) is 6.21. The zero-order valence-corrected chi connectivity index (χ0v) is 11.5. The lowest BCUT2D eigenvalue weighted by Crippen LogP contribution is -2.17. The average molecular weight is 274 g/mol. The zero-order valence-electron chi connectivity index (χ0n) is 10.7. The minimum Gasteiger partial charge on any atom is -0.493 e. The van der Waals surface area contributed by atoms with Gasteiger partial charge in [0.2, 0.25) is 0 Å². The Morgan fingerprint density at radius 1 is 1.42 bits per heavy atom. The van der Waals surface area contributed by atoms with Crippen LogP contribution in [-0.2, 0) is 7.05 Å². The Morgan fingerprint density at radius 2 is 2.26 bits per heavy atom. The maximum atomic E-state index is 6.32. The summed E-state index contributed by atoms with van der Waals surface area (Å²) in [7, 11) is 3.47. The standard InChI is InChI=1S/C13H14N4OS/c1-17-13(10(18-2)7-16-17)12(14)8-5-11-9(15-6-8)3-4-19-11/h3-7,12H,14H2,1-2H3. The molecule has 19 heavy (non-hydrogen) atoms. The summed E-state index contributed by atoms with van der Waals surface area (Å²) in [5.41, 5.74) is 9.12. The Kier molecular flexibility index (Phi) is 2.96. The van der Waals surface area contributed by atoms with E-state index < -0.39 is 0 Å². The van der Waals surface area contributed by atoms with Gasteiger partial charge >= 0.3 is 0 Å². The van der Waals surface area contributed by atoms with Gasteiger partial charge in [0.25, 0.3) is 0 Å². The number of nitrogens with zero attached hydrogens (tertiary/aromatic N) is 3. The van der Waals surface area contributed by atoms with Crippen LogP contribution >= 0.6 is 11.3 Å². The van der Waals surface area contributed by atoms with Crippen LogP contribution in [0.25, 0.3) is 10.2 Å². The molecule has 0 aliphatic carbocycles. The minimum absolute atomic E-state index is 0.304. The third-order valence-corrected chi connectivity index (χ3v) is 4.00. The number of rotatable bonds is 3. The van der Waals surface area contributed by atoms with Gasteiger partial charge in [0.15, 0.2) is 5.75 Å². The minimum atomic E-state index is -0.304. The number of fused-ring (bicyclic) bond motifs is 1. The molecule has 3 rings (SSSR count). The summed E-state index contributed by atoms with van der Waals surface area (Å²) in [4.78, 5) is 4.42. The number of aromatic nitrogens is 3. The molecule has 0 spiro atoms. The lowest BCUT2D eigenvalue weighted by molar-refractivity contribution is 0.406. The van der Waals surface area contributed by atoms with Crippen LogP contribution in [0.1, 0.15) is 17.3 Å². The molecule has 0 saturated carbocycles. The number of aryl methyl sites for hydroxylation is 1. The van der Waals surface area contributed by atoms with Gasteiger partial charge in [-0.15, -0.1) is 11.3 Å². The van der Waals surface area contributed by atoms with E-state index in [0.717, 1.165) is 21.5 Å². The number of hydrogen-bond donors (Lipinski definition) is 1. The van der Waals surface area contributed by atoms with Gasteiger partial charge in [0.05, 0.1) is 29.6 Å². The molecule has 2 N–H and O–H groups in total. The molecule has 5 nitrogen and oxygen atoms in total. The van der Waals surface area contributed by atoms with Crippen LogP contribution in [0.15, 0.2) is 29.9 Å². The molecule has 0 aliphatic heterocycles. The van der Waals surface area contributed by atoms with Gasteiger partial charge in [-0.3, -0.25) is 9.67 Å². The number of ether oxygens (including phenoxy) is 1. The molecule has 3 aromatic heterocycles. The van der Waals surface area contributed by atoms with Crippen LogP contribution in [0.4, 0.5) is 0 Å². The van der Waals surface area contributed by atoms with Gasteiger partial charge < -0.3 is 10.5 Å². The van der Waals surface area contributed by atoms with Crippen LogP contribution < -0.4 is 10.5 Å². The summed E-state index contributed by atoms with van der Waals surface area (Å²) in [6, 6.07) is 3.77. The zero-order chi connectivity index (χ0) is 13.4. The molecule has 0 fully saturated rings. The average Bonchev–Trinajstić information content (AvgIpc) is 3.02. The molecule has 1 unspecified atom stereocenters. The van der Waals surface area contributed by atoms with Crippen molar-refractivity contribution >= 4 is 21.6 Å². The molecule has 6 heteroatoms. The van der Waals surface area contributed by atoms with Crippen molar-refractivity contribution in [1.82, 2.24) is 14.8 Å². The first-order chi connectivity index (χ1) is 9.20. The topological polar surface area (TPSA) is 66.0 Å². The monoisotopic (exact) mass is 274 g/mol. The van der Waals surface area contributed by atoms with Crippen molar-refractivity contribution in [3.8, 4) is 5.75 Å². The number of hydrogen-bond acceptors (Lipinski definition) is 5. The molecule has 1 atom stereocenters. The molecule has 0 saturated heterocycles. The summed E-state index contributed by atoms with van der Waals surface area (Å²) in [5.74, 6) is 0.696. The molecule has 3 heterocycles. The Labute approximate surface area is 114 Å². The second kappa shape index (κ2) is 4.64. The van der Waals surface area contributed by atoms with Gasteiger partial charge in [-0.25, -0.2) is 0 Å². The summed E-state index contributed by atoms with van der Waals surface area (Å²) >= 11 is 1.66. The van der Waals surface area contributed by atoms with Crippen LogP contribution in [0, 0.1) is 0 Å². The van der Waals surface area contributed by atoms with Gasteiger partial charge in [-0.1, -0.05) is 0 Å². The lowest BCUT2D eigenvalue weighted by Gasteiger charge is -2.14. The molecule has 0 aliphatic rings. The summed E-state index contributed by atoms with van der Waals surface area (Å²) < 4.78 is 8.17. The van der Waals surface area contributed by atoms with E-state index >= 15 is 0 Å². The van der Waals surface area contributed by atoms with Crippen molar-refractivity contribution < 1.29 is 4.74 Å². The van der Waals surface area contributed by atoms with Crippen LogP contribution in [0.5, 0.6) is 5.75 Å². The third-order valence-electron chi connectivity index (χ3n) is 3.15. The lowest BCUT2D eigenvalue weighted by atomic mass is 10.1. The van der Waals surface area contributed by atoms with Crippen molar-refractivity contribution in [3.05, 3.63) is 41.2 Å². The highest BCUT2D eigenvalue weighted by Crippen LogP contribution is 2.29. The summed E-state index contributed by atoms with van der Waals surface area (Å²) in [6.07, 6.45) is 3.48. The fraction of sp³-hybridized carbons (Fsp3) is 0.231. The molecule has 0 amide bonds. The molecule has 3 aromatic rings.